The molecule has 0 radical (unpaired) electrons. The molecule has 4 aromatic rings. The highest BCUT2D eigenvalue weighted by molar-refractivity contribution is 6.00. The van der Waals surface area contributed by atoms with Crippen LogP contribution in [0.1, 0.15) is 15.9 Å². The standard InChI is InChI=1S/C24H20N4O2/c1-30-22-15-9-8-12-19(22)16-25-26-24(29)21-17-28(20-13-6-3-7-14-20)27-23(21)18-10-4-2-5-11-18/h2-17H,1H3,(H,26,29). The van der Waals surface area contributed by atoms with E-state index in [4.69, 9.17) is 4.74 Å². The molecule has 0 spiro atoms. The maximum atomic E-state index is 12.9. The summed E-state index contributed by atoms with van der Waals surface area (Å²) in [6, 6.07) is 26.7. The number of benzene rings is 3. The fraction of sp³-hybridized carbons (Fsp3) is 0.0417. The molecule has 0 saturated heterocycles. The molecule has 0 unspecified atom stereocenters. The number of carbonyl (C=O) groups is 1. The predicted molar refractivity (Wildman–Crippen MR) is 117 cm³/mol. The van der Waals surface area contributed by atoms with E-state index in [9.17, 15) is 4.79 Å². The Balaban J connectivity index is 1.64. The Morgan fingerprint density at radius 1 is 0.967 bits per heavy atom. The molecule has 0 fully saturated rings. The maximum Gasteiger partial charge on any atom is 0.275 e. The van der Waals surface area contributed by atoms with Crippen molar-refractivity contribution in [3.05, 3.63) is 102 Å². The second kappa shape index (κ2) is 8.87. The van der Waals surface area contributed by atoms with E-state index in [2.05, 4.69) is 15.6 Å². The van der Waals surface area contributed by atoms with E-state index in [-0.39, 0.29) is 5.91 Å². The van der Waals surface area contributed by atoms with Gasteiger partial charge in [0.25, 0.3) is 5.91 Å². The molecule has 0 aliphatic heterocycles. The lowest BCUT2D eigenvalue weighted by molar-refractivity contribution is 0.0955. The summed E-state index contributed by atoms with van der Waals surface area (Å²) in [5.74, 6) is 0.333. The van der Waals surface area contributed by atoms with Crippen LogP contribution < -0.4 is 10.2 Å². The normalized spacial score (nSPS) is 10.8. The number of hydrazone groups is 1. The lowest BCUT2D eigenvalue weighted by atomic mass is 10.1. The number of hydrogen-bond donors (Lipinski definition) is 1. The van der Waals surface area contributed by atoms with Gasteiger partial charge in [-0.1, -0.05) is 60.7 Å². The van der Waals surface area contributed by atoms with Crippen molar-refractivity contribution in [2.75, 3.05) is 7.11 Å². The lowest BCUT2D eigenvalue weighted by Crippen LogP contribution is -2.18. The van der Waals surface area contributed by atoms with Gasteiger partial charge in [0.15, 0.2) is 0 Å². The molecule has 1 heterocycles. The minimum Gasteiger partial charge on any atom is -0.496 e. The van der Waals surface area contributed by atoms with Gasteiger partial charge in [0.1, 0.15) is 11.4 Å². The van der Waals surface area contributed by atoms with Gasteiger partial charge in [-0.15, -0.1) is 0 Å². The van der Waals surface area contributed by atoms with Gasteiger partial charge in [-0.2, -0.15) is 10.2 Å². The van der Waals surface area contributed by atoms with Gasteiger partial charge in [0, 0.05) is 17.3 Å². The second-order valence-electron chi connectivity index (χ2n) is 6.48. The average Bonchev–Trinajstić information content (AvgIpc) is 3.26. The molecule has 6 heteroatoms. The first-order valence-corrected chi connectivity index (χ1v) is 9.43. The summed E-state index contributed by atoms with van der Waals surface area (Å²) < 4.78 is 7.00. The summed E-state index contributed by atoms with van der Waals surface area (Å²) >= 11 is 0. The number of aromatic nitrogens is 2. The first kappa shape index (κ1) is 19.1. The molecule has 1 N–H and O–H groups in total. The average molecular weight is 396 g/mol. The van der Waals surface area contributed by atoms with E-state index in [1.54, 1.807) is 24.2 Å². The highest BCUT2D eigenvalue weighted by Crippen LogP contribution is 2.23. The summed E-state index contributed by atoms with van der Waals surface area (Å²) in [6.07, 6.45) is 3.27. The molecule has 0 atom stereocenters. The van der Waals surface area contributed by atoms with E-state index < -0.39 is 0 Å². The summed E-state index contributed by atoms with van der Waals surface area (Å²) in [5, 5.41) is 8.75. The summed E-state index contributed by atoms with van der Waals surface area (Å²) in [4.78, 5) is 12.9. The van der Waals surface area contributed by atoms with Gasteiger partial charge < -0.3 is 4.74 Å². The molecule has 30 heavy (non-hydrogen) atoms. The molecule has 148 valence electrons. The van der Waals surface area contributed by atoms with Crippen LogP contribution in [0.15, 0.2) is 96.2 Å². The predicted octanol–water partition coefficient (Wildman–Crippen LogP) is 4.31. The summed E-state index contributed by atoms with van der Waals surface area (Å²) in [5.41, 5.74) is 6.10. The number of amides is 1. The van der Waals surface area contributed by atoms with Crippen LogP contribution in [0, 0.1) is 0 Å². The largest absolute Gasteiger partial charge is 0.496 e. The molecular weight excluding hydrogens is 376 g/mol. The lowest BCUT2D eigenvalue weighted by Gasteiger charge is -2.03. The number of methoxy groups -OCH3 is 1. The molecule has 3 aromatic carbocycles. The fourth-order valence-electron chi connectivity index (χ4n) is 3.06. The van der Waals surface area contributed by atoms with E-state index in [1.807, 2.05) is 84.9 Å². The van der Waals surface area contributed by atoms with Gasteiger partial charge in [0.05, 0.1) is 24.6 Å². The van der Waals surface area contributed by atoms with Crippen molar-refractivity contribution in [3.63, 3.8) is 0 Å². The Morgan fingerprint density at radius 3 is 2.37 bits per heavy atom. The van der Waals surface area contributed by atoms with E-state index in [1.165, 1.54) is 0 Å². The van der Waals surface area contributed by atoms with Crippen molar-refractivity contribution < 1.29 is 9.53 Å². The van der Waals surface area contributed by atoms with Crippen molar-refractivity contribution in [1.82, 2.24) is 15.2 Å². The first-order chi connectivity index (χ1) is 14.8. The highest BCUT2D eigenvalue weighted by atomic mass is 16.5. The van der Waals surface area contributed by atoms with Crippen LogP contribution in [0.4, 0.5) is 0 Å². The molecule has 0 saturated carbocycles. The van der Waals surface area contributed by atoms with Crippen LogP contribution in [0.3, 0.4) is 0 Å². The number of nitrogens with zero attached hydrogens (tertiary/aromatic N) is 3. The van der Waals surface area contributed by atoms with Gasteiger partial charge in [-0.25, -0.2) is 10.1 Å². The number of rotatable bonds is 6. The van der Waals surface area contributed by atoms with Gasteiger partial charge in [-0.05, 0) is 24.3 Å². The summed E-state index contributed by atoms with van der Waals surface area (Å²) in [7, 11) is 1.59. The monoisotopic (exact) mass is 396 g/mol. The van der Waals surface area contributed by atoms with E-state index >= 15 is 0 Å². The topological polar surface area (TPSA) is 68.5 Å². The van der Waals surface area contributed by atoms with Crippen LogP contribution in [0.25, 0.3) is 16.9 Å². The van der Waals surface area contributed by atoms with Crippen molar-refractivity contribution in [1.29, 1.82) is 0 Å². The quantitative estimate of drug-likeness (QED) is 0.390. The number of hydrogen-bond acceptors (Lipinski definition) is 4. The smallest absolute Gasteiger partial charge is 0.275 e. The Labute approximate surface area is 174 Å². The molecule has 1 amide bonds. The van der Waals surface area contributed by atoms with Crippen LogP contribution >= 0.6 is 0 Å². The first-order valence-electron chi connectivity index (χ1n) is 9.43. The van der Waals surface area contributed by atoms with Crippen molar-refractivity contribution in [2.45, 2.75) is 0 Å². The zero-order valence-electron chi connectivity index (χ0n) is 16.4. The SMILES string of the molecule is COc1ccccc1C=NNC(=O)c1cn(-c2ccccc2)nc1-c1ccccc1. The zero-order chi connectivity index (χ0) is 20.8. The Hall–Kier alpha value is -4.19. The van der Waals surface area contributed by atoms with Gasteiger partial charge in [-0.3, -0.25) is 4.79 Å². The van der Waals surface area contributed by atoms with Crippen LogP contribution in [0.5, 0.6) is 5.75 Å². The van der Waals surface area contributed by atoms with Crippen molar-refractivity contribution in [2.24, 2.45) is 5.10 Å². The molecule has 6 nitrogen and oxygen atoms in total. The molecule has 4 rings (SSSR count). The molecule has 0 aliphatic rings. The Bertz CT molecular complexity index is 1170. The second-order valence-corrected chi connectivity index (χ2v) is 6.48. The van der Waals surface area contributed by atoms with Gasteiger partial charge >= 0.3 is 0 Å². The van der Waals surface area contributed by atoms with E-state index in [0.29, 0.717) is 17.0 Å². The maximum absolute atomic E-state index is 12.9. The third kappa shape index (κ3) is 4.12. The molecule has 1 aromatic heterocycles. The number of para-hydroxylation sites is 2. The van der Waals surface area contributed by atoms with E-state index in [0.717, 1.165) is 16.8 Å². The Morgan fingerprint density at radius 2 is 1.63 bits per heavy atom. The Kier molecular flexibility index (Phi) is 5.66. The van der Waals surface area contributed by atoms with Crippen LogP contribution in [0.2, 0.25) is 0 Å². The van der Waals surface area contributed by atoms with Crippen molar-refractivity contribution in [3.8, 4) is 22.7 Å². The van der Waals surface area contributed by atoms with Crippen molar-refractivity contribution >= 4 is 12.1 Å². The zero-order valence-corrected chi connectivity index (χ0v) is 16.4. The highest BCUT2D eigenvalue weighted by Gasteiger charge is 2.18. The molecular formula is C24H20N4O2. The number of ether oxygens (including phenoxy) is 1. The minimum absolute atomic E-state index is 0.345. The minimum atomic E-state index is -0.345. The van der Waals surface area contributed by atoms with Crippen LogP contribution in [-0.2, 0) is 0 Å². The number of carbonyl (C=O) groups excluding carboxylic acids is 1. The third-order valence-electron chi connectivity index (χ3n) is 4.54. The van der Waals surface area contributed by atoms with Gasteiger partial charge in [0.2, 0.25) is 0 Å². The molecule has 0 bridgehead atoms. The summed E-state index contributed by atoms with van der Waals surface area (Å²) in [6.45, 7) is 0. The molecule has 0 aliphatic carbocycles. The fourth-order valence-corrected chi connectivity index (χ4v) is 3.06. The number of nitrogens with one attached hydrogen (secondary N) is 1. The third-order valence-corrected chi connectivity index (χ3v) is 4.54. The van der Waals surface area contributed by atoms with Crippen LogP contribution in [-0.4, -0.2) is 29.0 Å².